The Morgan fingerprint density at radius 2 is 1.92 bits per heavy atom. The van der Waals surface area contributed by atoms with Crippen LogP contribution in [0.2, 0.25) is 0 Å². The number of anilines is 1. The van der Waals surface area contributed by atoms with Gasteiger partial charge in [0.15, 0.2) is 0 Å². The number of aliphatic hydroxyl groups is 1. The van der Waals surface area contributed by atoms with Crippen LogP contribution in [0.15, 0.2) is 36.4 Å². The second-order valence-corrected chi connectivity index (χ2v) is 4.90. The van der Waals surface area contributed by atoms with E-state index in [-0.39, 0.29) is 17.7 Å². The summed E-state index contributed by atoms with van der Waals surface area (Å²) in [5.41, 5.74) is 7.64. The van der Waals surface area contributed by atoms with E-state index in [1.807, 2.05) is 12.1 Å². The van der Waals surface area contributed by atoms with E-state index in [9.17, 15) is 14.7 Å². The fraction of sp³-hybridized carbons (Fsp3) is 0.235. The Bertz CT molecular complexity index is 912. The number of fused-ring (bicyclic) bond motifs is 2. The molecule has 1 aliphatic carbocycles. The largest absolute Gasteiger partial charge is 0.478 e. The van der Waals surface area contributed by atoms with Crippen LogP contribution in [0.4, 0.5) is 5.69 Å². The van der Waals surface area contributed by atoms with Crippen molar-refractivity contribution in [2.75, 3.05) is 5.73 Å². The summed E-state index contributed by atoms with van der Waals surface area (Å²) in [6.45, 7) is 0. The molecule has 24 heavy (non-hydrogen) atoms. The molecular formula is C17H18N2O5. The minimum absolute atomic E-state index is 0.0603. The van der Waals surface area contributed by atoms with Crippen molar-refractivity contribution in [3.63, 3.8) is 0 Å². The molecule has 0 bridgehead atoms. The van der Waals surface area contributed by atoms with Gasteiger partial charge in [0, 0.05) is 37.2 Å². The van der Waals surface area contributed by atoms with E-state index in [1.54, 1.807) is 12.1 Å². The molecule has 1 atom stereocenters. The Labute approximate surface area is 142 Å². The number of para-hydroxylation sites is 1. The SMILES string of the molecule is O=C(O)/C=C\C(=O)O.[2H]C1([2H])CCc2nc3ccccc3c(N)c2C1([2H])O. The summed E-state index contributed by atoms with van der Waals surface area (Å²) in [6.07, 6.45) is -2.84. The Balaban J connectivity index is 0.000000279. The van der Waals surface area contributed by atoms with Gasteiger partial charge < -0.3 is 21.1 Å². The third-order valence-corrected chi connectivity index (χ3v) is 3.27. The number of nitrogen functional groups attached to an aromatic ring is 1. The molecule has 3 rings (SSSR count). The molecule has 1 aromatic carbocycles. The molecule has 7 nitrogen and oxygen atoms in total. The summed E-state index contributed by atoms with van der Waals surface area (Å²) in [5.74, 6) is -2.51. The number of aliphatic carboxylic acids is 2. The van der Waals surface area contributed by atoms with Gasteiger partial charge in [0.05, 0.1) is 13.0 Å². The molecule has 1 aromatic heterocycles. The highest BCUT2D eigenvalue weighted by Gasteiger charge is 2.23. The summed E-state index contributed by atoms with van der Waals surface area (Å²) < 4.78 is 23.6. The molecule has 0 amide bonds. The molecule has 1 aliphatic rings. The molecule has 0 spiro atoms. The Morgan fingerprint density at radius 3 is 2.54 bits per heavy atom. The third-order valence-electron chi connectivity index (χ3n) is 3.27. The Hall–Kier alpha value is -2.93. The second-order valence-electron chi connectivity index (χ2n) is 4.90. The van der Waals surface area contributed by atoms with Crippen molar-refractivity contribution < 1.29 is 29.0 Å². The summed E-state index contributed by atoms with van der Waals surface area (Å²) in [7, 11) is 0. The van der Waals surface area contributed by atoms with Gasteiger partial charge in [-0.2, -0.15) is 0 Å². The lowest BCUT2D eigenvalue weighted by atomic mass is 9.90. The molecule has 5 N–H and O–H groups in total. The van der Waals surface area contributed by atoms with Gasteiger partial charge in [0.25, 0.3) is 0 Å². The number of rotatable bonds is 2. The predicted octanol–water partition coefficient (Wildman–Crippen LogP) is 1.90. The van der Waals surface area contributed by atoms with E-state index >= 15 is 0 Å². The van der Waals surface area contributed by atoms with E-state index in [4.69, 9.17) is 20.1 Å². The maximum Gasteiger partial charge on any atom is 0.328 e. The first-order chi connectivity index (χ1) is 12.5. The van der Waals surface area contributed by atoms with Crippen LogP contribution in [0.1, 0.15) is 34.2 Å². The van der Waals surface area contributed by atoms with Crippen LogP contribution in [0.5, 0.6) is 0 Å². The van der Waals surface area contributed by atoms with Crippen molar-refractivity contribution >= 4 is 28.5 Å². The first-order valence-corrected chi connectivity index (χ1v) is 7.01. The van der Waals surface area contributed by atoms with Gasteiger partial charge in [-0.15, -0.1) is 0 Å². The molecule has 0 saturated heterocycles. The van der Waals surface area contributed by atoms with Gasteiger partial charge in [-0.1, -0.05) is 18.2 Å². The molecule has 126 valence electrons. The van der Waals surface area contributed by atoms with Crippen LogP contribution in [-0.2, 0) is 16.0 Å². The third kappa shape index (κ3) is 4.08. The van der Waals surface area contributed by atoms with Gasteiger partial charge in [-0.05, 0) is 25.3 Å². The van der Waals surface area contributed by atoms with Gasteiger partial charge in [0.2, 0.25) is 0 Å². The predicted molar refractivity (Wildman–Crippen MR) is 88.5 cm³/mol. The molecule has 0 fully saturated rings. The zero-order chi connectivity index (χ0) is 20.4. The van der Waals surface area contributed by atoms with Crippen molar-refractivity contribution in [3.8, 4) is 0 Å². The molecule has 1 unspecified atom stereocenters. The second kappa shape index (κ2) is 7.56. The number of hydrogen-bond donors (Lipinski definition) is 4. The topological polar surface area (TPSA) is 134 Å². The summed E-state index contributed by atoms with van der Waals surface area (Å²) in [6, 6.07) is 7.22. The summed E-state index contributed by atoms with van der Waals surface area (Å²) in [4.78, 5) is 23.5. The lowest BCUT2D eigenvalue weighted by molar-refractivity contribution is -0.134. The maximum absolute atomic E-state index is 10.3. The number of carbonyl (C=O) groups is 2. The van der Waals surface area contributed by atoms with Gasteiger partial charge in [-0.3, -0.25) is 4.98 Å². The minimum Gasteiger partial charge on any atom is -0.478 e. The van der Waals surface area contributed by atoms with Crippen molar-refractivity contribution in [2.45, 2.75) is 25.3 Å². The van der Waals surface area contributed by atoms with Crippen LogP contribution in [0, 0.1) is 0 Å². The molecular weight excluding hydrogens is 312 g/mol. The molecule has 0 aliphatic heterocycles. The summed E-state index contributed by atoms with van der Waals surface area (Å²) in [5, 5.41) is 26.5. The number of nitrogens with two attached hydrogens (primary N) is 1. The molecule has 7 heteroatoms. The van der Waals surface area contributed by atoms with E-state index in [1.165, 1.54) is 0 Å². The molecule has 2 aromatic rings. The molecule has 1 heterocycles. The lowest BCUT2D eigenvalue weighted by Gasteiger charge is -2.23. The average molecular weight is 333 g/mol. The monoisotopic (exact) mass is 333 g/mol. The fourth-order valence-corrected chi connectivity index (χ4v) is 2.27. The number of pyridine rings is 1. The minimum atomic E-state index is -2.36. The van der Waals surface area contributed by atoms with E-state index in [2.05, 4.69) is 4.98 Å². The van der Waals surface area contributed by atoms with Crippen molar-refractivity contribution in [2.24, 2.45) is 0 Å². The summed E-state index contributed by atoms with van der Waals surface area (Å²) >= 11 is 0. The normalized spacial score (nSPS) is 23.3. The van der Waals surface area contributed by atoms with Crippen molar-refractivity contribution in [1.82, 2.24) is 4.98 Å². The van der Waals surface area contributed by atoms with Crippen LogP contribution in [-0.4, -0.2) is 32.2 Å². The van der Waals surface area contributed by atoms with Gasteiger partial charge >= 0.3 is 11.9 Å². The Morgan fingerprint density at radius 1 is 1.29 bits per heavy atom. The quantitative estimate of drug-likeness (QED) is 0.617. The maximum atomic E-state index is 10.3. The standard InChI is InChI=1S/C13H14N2O.C4H4O4/c14-13-8-4-1-2-5-9(8)15-10-6-3-7-11(16)12(10)13;5-3(6)1-2-4(7)8/h1-2,4-5,11,16H,3,6-7H2,(H2,14,15);1-2H,(H,5,6)(H,7,8)/b;2-1-/i7D2,11D;. The van der Waals surface area contributed by atoms with Gasteiger partial charge in [-0.25, -0.2) is 9.59 Å². The van der Waals surface area contributed by atoms with E-state index in [0.717, 1.165) is 0 Å². The first kappa shape index (κ1) is 13.5. The highest BCUT2D eigenvalue weighted by molar-refractivity contribution is 5.92. The average Bonchev–Trinajstić information content (AvgIpc) is 2.57. The van der Waals surface area contributed by atoms with E-state index in [0.29, 0.717) is 35.2 Å². The van der Waals surface area contributed by atoms with E-state index < -0.39 is 24.4 Å². The van der Waals surface area contributed by atoms with Gasteiger partial charge in [0.1, 0.15) is 0 Å². The smallest absolute Gasteiger partial charge is 0.328 e. The highest BCUT2D eigenvalue weighted by Crippen LogP contribution is 2.36. The number of carboxylic acids is 2. The number of aromatic nitrogens is 1. The number of nitrogens with zero attached hydrogens (tertiary/aromatic N) is 1. The Kier molecular flexibility index (Phi) is 4.25. The first-order valence-electron chi connectivity index (χ1n) is 8.51. The molecule has 0 radical (unpaired) electrons. The van der Waals surface area contributed by atoms with Crippen LogP contribution in [0.25, 0.3) is 10.9 Å². The zero-order valence-electron chi connectivity index (χ0n) is 15.6. The number of hydrogen-bond acceptors (Lipinski definition) is 5. The van der Waals surface area contributed by atoms with Crippen molar-refractivity contribution in [3.05, 3.63) is 47.7 Å². The lowest BCUT2D eigenvalue weighted by Crippen LogP contribution is -2.14. The number of benzene rings is 1. The zero-order valence-corrected chi connectivity index (χ0v) is 12.6. The number of carboxylic acid groups (broad SMARTS) is 2. The number of aryl methyl sites for hydroxylation is 1. The molecule has 0 saturated carbocycles. The highest BCUT2D eigenvalue weighted by atomic mass is 16.4. The van der Waals surface area contributed by atoms with Crippen molar-refractivity contribution in [1.29, 1.82) is 0 Å². The van der Waals surface area contributed by atoms with Crippen LogP contribution in [0.3, 0.4) is 0 Å². The fourth-order valence-electron chi connectivity index (χ4n) is 2.27. The van der Waals surface area contributed by atoms with Crippen LogP contribution < -0.4 is 5.73 Å². The van der Waals surface area contributed by atoms with Crippen LogP contribution >= 0.6 is 0 Å².